The van der Waals surface area contributed by atoms with Gasteiger partial charge in [-0.25, -0.2) is 4.79 Å². The normalized spacial score (nSPS) is 10.9. The lowest BCUT2D eigenvalue weighted by molar-refractivity contribution is 0.0695. The van der Waals surface area contributed by atoms with Crippen LogP contribution in [0.5, 0.6) is 0 Å². The second-order valence-corrected chi connectivity index (χ2v) is 4.05. The number of fused-ring (bicyclic) bond motifs is 3. The SMILES string of the molecule is O=C(O)c1c[nH]c2c(ccc3ccccc32)c1=O. The van der Waals surface area contributed by atoms with Gasteiger partial charge >= 0.3 is 5.97 Å². The minimum Gasteiger partial charge on any atom is -0.477 e. The van der Waals surface area contributed by atoms with Crippen molar-refractivity contribution >= 4 is 27.6 Å². The highest BCUT2D eigenvalue weighted by molar-refractivity contribution is 6.06. The van der Waals surface area contributed by atoms with Gasteiger partial charge in [-0.2, -0.15) is 0 Å². The Kier molecular flexibility index (Phi) is 2.16. The van der Waals surface area contributed by atoms with E-state index in [0.29, 0.717) is 10.9 Å². The molecule has 4 nitrogen and oxygen atoms in total. The van der Waals surface area contributed by atoms with Gasteiger partial charge in [0.25, 0.3) is 0 Å². The minimum atomic E-state index is -1.22. The monoisotopic (exact) mass is 239 g/mol. The number of aromatic nitrogens is 1. The van der Waals surface area contributed by atoms with Gasteiger partial charge in [-0.05, 0) is 11.5 Å². The van der Waals surface area contributed by atoms with Crippen molar-refractivity contribution in [1.29, 1.82) is 0 Å². The van der Waals surface area contributed by atoms with Crippen molar-refractivity contribution in [2.75, 3.05) is 0 Å². The van der Waals surface area contributed by atoms with Gasteiger partial charge in [-0.3, -0.25) is 4.79 Å². The van der Waals surface area contributed by atoms with Gasteiger partial charge in [0, 0.05) is 17.0 Å². The van der Waals surface area contributed by atoms with Crippen molar-refractivity contribution in [1.82, 2.24) is 4.98 Å². The van der Waals surface area contributed by atoms with E-state index in [2.05, 4.69) is 4.98 Å². The number of hydrogen-bond donors (Lipinski definition) is 2. The van der Waals surface area contributed by atoms with Crippen LogP contribution in [0, 0.1) is 0 Å². The zero-order valence-electron chi connectivity index (χ0n) is 9.31. The van der Waals surface area contributed by atoms with Gasteiger partial charge in [0.15, 0.2) is 0 Å². The van der Waals surface area contributed by atoms with E-state index < -0.39 is 11.4 Å². The Hall–Kier alpha value is -2.62. The molecule has 0 radical (unpaired) electrons. The Morgan fingerprint density at radius 1 is 1.06 bits per heavy atom. The third kappa shape index (κ3) is 1.39. The summed E-state index contributed by atoms with van der Waals surface area (Å²) in [6.07, 6.45) is 1.25. The van der Waals surface area contributed by atoms with Gasteiger partial charge in [-0.1, -0.05) is 30.3 Å². The Morgan fingerprint density at radius 3 is 2.61 bits per heavy atom. The minimum absolute atomic E-state index is 0.238. The first-order chi connectivity index (χ1) is 8.68. The molecule has 0 unspecified atom stereocenters. The van der Waals surface area contributed by atoms with Crippen LogP contribution in [0.3, 0.4) is 0 Å². The maximum Gasteiger partial charge on any atom is 0.341 e. The fourth-order valence-corrected chi connectivity index (χ4v) is 2.13. The lowest BCUT2D eigenvalue weighted by Gasteiger charge is -2.04. The van der Waals surface area contributed by atoms with Crippen molar-refractivity contribution in [3.63, 3.8) is 0 Å². The molecule has 1 aromatic heterocycles. The second-order valence-electron chi connectivity index (χ2n) is 4.05. The number of carboxylic acid groups (broad SMARTS) is 1. The van der Waals surface area contributed by atoms with E-state index in [0.717, 1.165) is 10.8 Å². The molecule has 0 aliphatic carbocycles. The first-order valence-corrected chi connectivity index (χ1v) is 5.45. The lowest BCUT2D eigenvalue weighted by atomic mass is 10.0. The van der Waals surface area contributed by atoms with Crippen molar-refractivity contribution in [2.45, 2.75) is 0 Å². The first kappa shape index (κ1) is 10.5. The maximum atomic E-state index is 12.0. The molecule has 0 spiro atoms. The van der Waals surface area contributed by atoms with Crippen LogP contribution >= 0.6 is 0 Å². The number of pyridine rings is 1. The van der Waals surface area contributed by atoms with E-state index in [1.807, 2.05) is 30.3 Å². The molecule has 0 amide bonds. The van der Waals surface area contributed by atoms with Crippen LogP contribution < -0.4 is 5.43 Å². The molecule has 2 N–H and O–H groups in total. The van der Waals surface area contributed by atoms with E-state index in [9.17, 15) is 9.59 Å². The highest BCUT2D eigenvalue weighted by atomic mass is 16.4. The highest BCUT2D eigenvalue weighted by Crippen LogP contribution is 2.21. The molecular formula is C14H9NO3. The molecular weight excluding hydrogens is 230 g/mol. The third-order valence-electron chi connectivity index (χ3n) is 3.01. The molecule has 4 heteroatoms. The van der Waals surface area contributed by atoms with Crippen LogP contribution in [0.4, 0.5) is 0 Å². The van der Waals surface area contributed by atoms with E-state index in [-0.39, 0.29) is 5.56 Å². The van der Waals surface area contributed by atoms with Crippen molar-refractivity contribution in [2.24, 2.45) is 0 Å². The summed E-state index contributed by atoms with van der Waals surface area (Å²) >= 11 is 0. The van der Waals surface area contributed by atoms with Gasteiger partial charge in [0.2, 0.25) is 5.43 Å². The standard InChI is InChI=1S/C14H9NO3/c16-13-10-6-5-8-3-1-2-4-9(8)12(10)15-7-11(13)14(17)18/h1-7H,(H,15,16)(H,17,18). The quantitative estimate of drug-likeness (QED) is 0.640. The molecule has 1 heterocycles. The predicted octanol–water partition coefficient (Wildman–Crippen LogP) is 2.38. The largest absolute Gasteiger partial charge is 0.477 e. The van der Waals surface area contributed by atoms with Crippen molar-refractivity contribution in [3.05, 3.63) is 58.4 Å². The summed E-state index contributed by atoms with van der Waals surface area (Å²) in [6.45, 7) is 0. The molecule has 88 valence electrons. The zero-order chi connectivity index (χ0) is 12.7. The Morgan fingerprint density at radius 2 is 1.83 bits per heavy atom. The fourth-order valence-electron chi connectivity index (χ4n) is 2.13. The molecule has 3 rings (SSSR count). The molecule has 0 fully saturated rings. The average molecular weight is 239 g/mol. The molecule has 2 aromatic carbocycles. The Labute approximate surface area is 101 Å². The Bertz CT molecular complexity index is 833. The van der Waals surface area contributed by atoms with Gasteiger partial charge < -0.3 is 10.1 Å². The highest BCUT2D eigenvalue weighted by Gasteiger charge is 2.12. The van der Waals surface area contributed by atoms with E-state index in [4.69, 9.17) is 5.11 Å². The van der Waals surface area contributed by atoms with E-state index in [1.165, 1.54) is 6.20 Å². The number of carboxylic acids is 1. The Balaban J connectivity index is 2.52. The number of nitrogens with one attached hydrogen (secondary N) is 1. The zero-order valence-corrected chi connectivity index (χ0v) is 9.31. The van der Waals surface area contributed by atoms with E-state index >= 15 is 0 Å². The first-order valence-electron chi connectivity index (χ1n) is 5.45. The van der Waals surface area contributed by atoms with Crippen LogP contribution in [-0.4, -0.2) is 16.1 Å². The third-order valence-corrected chi connectivity index (χ3v) is 3.01. The van der Waals surface area contributed by atoms with Gasteiger partial charge in [-0.15, -0.1) is 0 Å². The number of rotatable bonds is 1. The summed E-state index contributed by atoms with van der Waals surface area (Å²) in [4.78, 5) is 25.8. The molecule has 3 aromatic rings. The summed E-state index contributed by atoms with van der Waals surface area (Å²) in [7, 11) is 0. The van der Waals surface area contributed by atoms with Crippen LogP contribution in [-0.2, 0) is 0 Å². The van der Waals surface area contributed by atoms with Crippen LogP contribution in [0.1, 0.15) is 10.4 Å². The summed E-state index contributed by atoms with van der Waals surface area (Å²) < 4.78 is 0. The molecule has 0 saturated carbocycles. The average Bonchev–Trinajstić information content (AvgIpc) is 2.38. The summed E-state index contributed by atoms with van der Waals surface area (Å²) in [6, 6.07) is 11.1. The maximum absolute atomic E-state index is 12.0. The summed E-state index contributed by atoms with van der Waals surface area (Å²) in [5, 5.41) is 11.2. The number of aromatic amines is 1. The molecule has 0 saturated heterocycles. The van der Waals surface area contributed by atoms with Crippen molar-refractivity contribution < 1.29 is 9.90 Å². The van der Waals surface area contributed by atoms with Gasteiger partial charge in [0.1, 0.15) is 5.56 Å². The molecule has 0 atom stereocenters. The summed E-state index contributed by atoms with van der Waals surface area (Å²) in [5.41, 5.74) is -0.0251. The predicted molar refractivity (Wildman–Crippen MR) is 69.0 cm³/mol. The number of H-pyrrole nitrogens is 1. The van der Waals surface area contributed by atoms with Gasteiger partial charge in [0.05, 0.1) is 5.52 Å². The van der Waals surface area contributed by atoms with Crippen LogP contribution in [0.25, 0.3) is 21.7 Å². The molecule has 0 aliphatic heterocycles. The van der Waals surface area contributed by atoms with Crippen LogP contribution in [0.2, 0.25) is 0 Å². The lowest BCUT2D eigenvalue weighted by Crippen LogP contribution is -2.15. The number of benzene rings is 2. The van der Waals surface area contributed by atoms with Crippen molar-refractivity contribution in [3.8, 4) is 0 Å². The fraction of sp³-hybridized carbons (Fsp3) is 0. The topological polar surface area (TPSA) is 70.2 Å². The summed E-state index contributed by atoms with van der Waals surface area (Å²) in [5.74, 6) is -1.22. The second kappa shape index (κ2) is 3.70. The molecule has 18 heavy (non-hydrogen) atoms. The number of aromatic carboxylic acids is 1. The molecule has 0 bridgehead atoms. The number of hydrogen-bond acceptors (Lipinski definition) is 2. The van der Waals surface area contributed by atoms with E-state index in [1.54, 1.807) is 6.07 Å². The van der Waals surface area contributed by atoms with Crippen LogP contribution in [0.15, 0.2) is 47.4 Å². The molecule has 0 aliphatic rings. The number of carbonyl (C=O) groups is 1. The smallest absolute Gasteiger partial charge is 0.341 e.